The summed E-state index contributed by atoms with van der Waals surface area (Å²) >= 11 is 0. The molecular formula is C35H39F2N7. The molecule has 6 rings (SSSR count). The Hall–Kier alpha value is -4.92. The SMILES string of the molecule is CN(C)c1ccc(-c2cn3ccc(N(C)CCF)cc3n2)cc1.Cc1ccc(-c2cn3ccc(N(C)CCF)cc3n2)cc1. The number of fused-ring (bicyclic) bond motifs is 2. The molecule has 0 aliphatic heterocycles. The minimum Gasteiger partial charge on any atom is -0.378 e. The predicted octanol–water partition coefficient (Wildman–Crippen LogP) is 7.19. The van der Waals surface area contributed by atoms with Crippen molar-refractivity contribution in [3.8, 4) is 22.5 Å². The van der Waals surface area contributed by atoms with Crippen LogP contribution in [0.3, 0.4) is 0 Å². The minimum absolute atomic E-state index is 0.356. The lowest BCUT2D eigenvalue weighted by atomic mass is 10.1. The van der Waals surface area contributed by atoms with Gasteiger partial charge in [-0.2, -0.15) is 0 Å². The van der Waals surface area contributed by atoms with Crippen LogP contribution in [0.2, 0.25) is 0 Å². The van der Waals surface area contributed by atoms with Crippen LogP contribution in [-0.4, -0.2) is 73.4 Å². The van der Waals surface area contributed by atoms with Gasteiger partial charge in [0.25, 0.3) is 0 Å². The summed E-state index contributed by atoms with van der Waals surface area (Å²) in [6.45, 7) is 2.13. The van der Waals surface area contributed by atoms with Crippen molar-refractivity contribution in [3.63, 3.8) is 0 Å². The standard InChI is InChI=1S/C18H21FN4.C17H18FN3/c1-21(2)15-6-4-14(5-7-15)17-13-23-10-8-16(12-18(23)20-17)22(3)11-9-19;1-13-3-5-14(6-4-13)16-12-21-9-7-15(11-17(21)19-16)20(2)10-8-18/h4-8,10,12-13H,9,11H2,1-3H3;3-7,9,11-12H,8,10H2,1-2H3. The van der Waals surface area contributed by atoms with Gasteiger partial charge in [0.1, 0.15) is 24.6 Å². The fourth-order valence-corrected chi connectivity index (χ4v) is 4.86. The molecule has 0 radical (unpaired) electrons. The minimum atomic E-state index is -0.362. The number of benzene rings is 2. The smallest absolute Gasteiger partial charge is 0.139 e. The molecule has 4 heterocycles. The van der Waals surface area contributed by atoms with Gasteiger partial charge < -0.3 is 23.5 Å². The fourth-order valence-electron chi connectivity index (χ4n) is 4.86. The Labute approximate surface area is 257 Å². The fraction of sp³-hybridized carbons (Fsp3) is 0.257. The predicted molar refractivity (Wildman–Crippen MR) is 179 cm³/mol. The third-order valence-corrected chi connectivity index (χ3v) is 7.64. The average Bonchev–Trinajstić information content (AvgIpc) is 3.66. The number of hydrogen-bond donors (Lipinski definition) is 0. The summed E-state index contributed by atoms with van der Waals surface area (Å²) in [7, 11) is 7.81. The van der Waals surface area contributed by atoms with Crippen molar-refractivity contribution in [2.45, 2.75) is 6.92 Å². The number of halogens is 2. The van der Waals surface area contributed by atoms with E-state index in [1.807, 2.05) is 95.8 Å². The van der Waals surface area contributed by atoms with E-state index in [0.717, 1.165) is 50.9 Å². The molecule has 0 atom stereocenters. The Morgan fingerprint density at radius 3 is 1.43 bits per heavy atom. The zero-order valence-electron chi connectivity index (χ0n) is 26.0. The molecule has 0 amide bonds. The number of imidazole rings is 2. The number of anilines is 3. The molecule has 0 saturated carbocycles. The Bertz CT molecular complexity index is 1810. The van der Waals surface area contributed by atoms with Crippen molar-refractivity contribution in [3.05, 3.63) is 103 Å². The van der Waals surface area contributed by atoms with E-state index in [4.69, 9.17) is 0 Å². The summed E-state index contributed by atoms with van der Waals surface area (Å²) in [4.78, 5) is 15.2. The van der Waals surface area contributed by atoms with E-state index >= 15 is 0 Å². The molecule has 0 N–H and O–H groups in total. The lowest BCUT2D eigenvalue weighted by Crippen LogP contribution is -2.19. The van der Waals surface area contributed by atoms with Crippen molar-refractivity contribution < 1.29 is 8.78 Å². The van der Waals surface area contributed by atoms with E-state index in [2.05, 4.69) is 70.3 Å². The summed E-state index contributed by atoms with van der Waals surface area (Å²) in [6.07, 6.45) is 7.95. The second-order valence-electron chi connectivity index (χ2n) is 11.1. The molecule has 0 saturated heterocycles. The maximum Gasteiger partial charge on any atom is 0.139 e. The van der Waals surface area contributed by atoms with Gasteiger partial charge in [-0.05, 0) is 31.2 Å². The Kier molecular flexibility index (Phi) is 9.43. The second kappa shape index (κ2) is 13.6. The number of alkyl halides is 2. The van der Waals surface area contributed by atoms with Gasteiger partial charge >= 0.3 is 0 Å². The largest absolute Gasteiger partial charge is 0.378 e. The van der Waals surface area contributed by atoms with Gasteiger partial charge in [-0.15, -0.1) is 0 Å². The normalized spacial score (nSPS) is 11.0. The Morgan fingerprint density at radius 1 is 0.591 bits per heavy atom. The molecule has 0 spiro atoms. The highest BCUT2D eigenvalue weighted by Gasteiger charge is 2.09. The maximum absolute atomic E-state index is 12.5. The van der Waals surface area contributed by atoms with Crippen LogP contribution in [0.4, 0.5) is 25.8 Å². The summed E-state index contributed by atoms with van der Waals surface area (Å²) in [6, 6.07) is 24.5. The topological polar surface area (TPSA) is 44.3 Å². The number of rotatable bonds is 9. The number of aromatic nitrogens is 4. The maximum atomic E-state index is 12.5. The van der Waals surface area contributed by atoms with Crippen molar-refractivity contribution >= 4 is 28.4 Å². The van der Waals surface area contributed by atoms with Gasteiger partial charge in [-0.1, -0.05) is 42.0 Å². The van der Waals surface area contributed by atoms with Crippen LogP contribution in [0.1, 0.15) is 5.56 Å². The molecule has 0 aliphatic carbocycles. The monoisotopic (exact) mass is 595 g/mol. The van der Waals surface area contributed by atoms with E-state index < -0.39 is 0 Å². The zero-order chi connectivity index (χ0) is 31.2. The van der Waals surface area contributed by atoms with Crippen LogP contribution in [0.15, 0.2) is 97.6 Å². The quantitative estimate of drug-likeness (QED) is 0.177. The van der Waals surface area contributed by atoms with Gasteiger partial charge in [0.2, 0.25) is 0 Å². The van der Waals surface area contributed by atoms with Crippen molar-refractivity contribution in [1.29, 1.82) is 0 Å². The number of hydrogen-bond acceptors (Lipinski definition) is 5. The Morgan fingerprint density at radius 2 is 1.02 bits per heavy atom. The average molecular weight is 596 g/mol. The molecule has 228 valence electrons. The van der Waals surface area contributed by atoms with Crippen LogP contribution < -0.4 is 14.7 Å². The molecule has 0 unspecified atom stereocenters. The first-order chi connectivity index (χ1) is 21.2. The summed E-state index contributed by atoms with van der Waals surface area (Å²) in [5.74, 6) is 0. The molecule has 0 fully saturated rings. The van der Waals surface area contributed by atoms with Crippen LogP contribution >= 0.6 is 0 Å². The third kappa shape index (κ3) is 6.99. The lowest BCUT2D eigenvalue weighted by molar-refractivity contribution is 0.497. The first kappa shape index (κ1) is 30.5. The van der Waals surface area contributed by atoms with Gasteiger partial charge in [0.15, 0.2) is 0 Å². The molecule has 0 aliphatic rings. The van der Waals surface area contributed by atoms with Gasteiger partial charge in [0.05, 0.1) is 11.4 Å². The van der Waals surface area contributed by atoms with Gasteiger partial charge in [0, 0.05) is 106 Å². The highest BCUT2D eigenvalue weighted by Crippen LogP contribution is 2.25. The number of nitrogens with zero attached hydrogens (tertiary/aromatic N) is 7. The van der Waals surface area contributed by atoms with E-state index in [1.54, 1.807) is 0 Å². The van der Waals surface area contributed by atoms with Crippen molar-refractivity contribution in [1.82, 2.24) is 18.8 Å². The molecule has 6 aromatic rings. The zero-order valence-corrected chi connectivity index (χ0v) is 26.0. The molecular weight excluding hydrogens is 556 g/mol. The molecule has 4 aromatic heterocycles. The van der Waals surface area contributed by atoms with E-state index in [1.165, 1.54) is 5.56 Å². The van der Waals surface area contributed by atoms with Crippen molar-refractivity contribution in [2.24, 2.45) is 0 Å². The van der Waals surface area contributed by atoms with Crippen LogP contribution in [0.25, 0.3) is 33.8 Å². The second-order valence-corrected chi connectivity index (χ2v) is 11.1. The van der Waals surface area contributed by atoms with Crippen LogP contribution in [-0.2, 0) is 0 Å². The molecule has 7 nitrogen and oxygen atoms in total. The van der Waals surface area contributed by atoms with E-state index in [-0.39, 0.29) is 13.3 Å². The molecule has 2 aromatic carbocycles. The number of aryl methyl sites for hydroxylation is 1. The molecule has 44 heavy (non-hydrogen) atoms. The third-order valence-electron chi connectivity index (χ3n) is 7.64. The van der Waals surface area contributed by atoms with Crippen LogP contribution in [0.5, 0.6) is 0 Å². The molecule has 9 heteroatoms. The summed E-state index contributed by atoms with van der Waals surface area (Å²) in [5, 5.41) is 0. The van der Waals surface area contributed by atoms with Crippen molar-refractivity contribution in [2.75, 3.05) is 69.3 Å². The first-order valence-electron chi connectivity index (χ1n) is 14.6. The summed E-state index contributed by atoms with van der Waals surface area (Å²) in [5.41, 5.74) is 10.1. The highest BCUT2D eigenvalue weighted by molar-refractivity contribution is 5.68. The first-order valence-corrected chi connectivity index (χ1v) is 14.6. The van der Waals surface area contributed by atoms with Crippen LogP contribution in [0, 0.1) is 6.92 Å². The highest BCUT2D eigenvalue weighted by atomic mass is 19.1. The lowest BCUT2D eigenvalue weighted by Gasteiger charge is -2.17. The van der Waals surface area contributed by atoms with Gasteiger partial charge in [-0.3, -0.25) is 0 Å². The Balaban J connectivity index is 0.000000175. The van der Waals surface area contributed by atoms with Gasteiger partial charge in [-0.25, -0.2) is 18.7 Å². The summed E-state index contributed by atoms with van der Waals surface area (Å²) < 4.78 is 28.9. The number of pyridine rings is 2. The molecule has 0 bridgehead atoms. The van der Waals surface area contributed by atoms with E-state index in [0.29, 0.717) is 13.1 Å². The van der Waals surface area contributed by atoms with E-state index in [9.17, 15) is 8.78 Å².